The normalized spacial score (nSPS) is 18.4. The van der Waals surface area contributed by atoms with Gasteiger partial charge in [0.15, 0.2) is 0 Å². The van der Waals surface area contributed by atoms with Gasteiger partial charge in [0.05, 0.1) is 5.56 Å². The number of piperazine rings is 1. The average molecular weight is 332 g/mol. The third-order valence-electron chi connectivity index (χ3n) is 4.29. The Balaban J connectivity index is 2.32. The molecule has 23 heavy (non-hydrogen) atoms. The van der Waals surface area contributed by atoms with Crippen LogP contribution in [0.4, 0.5) is 17.6 Å². The van der Waals surface area contributed by atoms with Crippen LogP contribution in [0.15, 0.2) is 18.2 Å². The monoisotopic (exact) mass is 332 g/mol. The van der Waals surface area contributed by atoms with E-state index in [0.29, 0.717) is 12.3 Å². The second kappa shape index (κ2) is 7.62. The van der Waals surface area contributed by atoms with E-state index in [-0.39, 0.29) is 11.6 Å². The number of hydrogen-bond donors (Lipinski definition) is 1. The van der Waals surface area contributed by atoms with Gasteiger partial charge in [0, 0.05) is 37.8 Å². The molecule has 2 nitrogen and oxygen atoms in total. The maximum Gasteiger partial charge on any atom is 0.416 e. The molecule has 6 heteroatoms. The van der Waals surface area contributed by atoms with Crippen molar-refractivity contribution in [3.05, 3.63) is 35.1 Å². The largest absolute Gasteiger partial charge is 0.416 e. The quantitative estimate of drug-likeness (QED) is 0.812. The van der Waals surface area contributed by atoms with Gasteiger partial charge in [0.2, 0.25) is 0 Å². The molecule has 0 unspecified atom stereocenters. The molecule has 1 aromatic carbocycles. The van der Waals surface area contributed by atoms with Gasteiger partial charge in [0.25, 0.3) is 0 Å². The van der Waals surface area contributed by atoms with Crippen LogP contribution in [0.2, 0.25) is 0 Å². The Morgan fingerprint density at radius 3 is 2.35 bits per heavy atom. The second-order valence-corrected chi connectivity index (χ2v) is 6.51. The molecule has 1 aliphatic heterocycles. The fourth-order valence-electron chi connectivity index (χ4n) is 3.00. The van der Waals surface area contributed by atoms with Crippen LogP contribution in [0, 0.1) is 11.7 Å². The summed E-state index contributed by atoms with van der Waals surface area (Å²) in [5.41, 5.74) is -0.610. The Hall–Kier alpha value is -1.14. The summed E-state index contributed by atoms with van der Waals surface area (Å²) < 4.78 is 53.2. The molecule has 0 saturated carbocycles. The molecule has 1 heterocycles. The lowest BCUT2D eigenvalue weighted by molar-refractivity contribution is -0.137. The number of benzene rings is 1. The zero-order valence-corrected chi connectivity index (χ0v) is 13.6. The SMILES string of the molecule is CC(C)CC[C@H](c1cc(C(F)(F)F)ccc1F)N1CCNCC1. The highest BCUT2D eigenvalue weighted by atomic mass is 19.4. The van der Waals surface area contributed by atoms with E-state index in [1.54, 1.807) is 0 Å². The van der Waals surface area contributed by atoms with Crippen LogP contribution in [0.1, 0.15) is 43.9 Å². The highest BCUT2D eigenvalue weighted by Gasteiger charge is 2.33. The van der Waals surface area contributed by atoms with Crippen molar-refractivity contribution in [1.82, 2.24) is 10.2 Å². The molecule has 1 N–H and O–H groups in total. The Morgan fingerprint density at radius 2 is 1.78 bits per heavy atom. The van der Waals surface area contributed by atoms with E-state index < -0.39 is 17.6 Å². The molecule has 0 aromatic heterocycles. The summed E-state index contributed by atoms with van der Waals surface area (Å²) in [5.74, 6) is -0.125. The summed E-state index contributed by atoms with van der Waals surface area (Å²) in [6.07, 6.45) is -2.94. The van der Waals surface area contributed by atoms with Crippen LogP contribution in [-0.2, 0) is 6.18 Å². The van der Waals surface area contributed by atoms with Crippen LogP contribution < -0.4 is 5.32 Å². The number of nitrogens with zero attached hydrogens (tertiary/aromatic N) is 1. The third kappa shape index (κ3) is 4.91. The fraction of sp³-hybridized carbons (Fsp3) is 0.647. The molecule has 0 spiro atoms. The Morgan fingerprint density at radius 1 is 1.13 bits per heavy atom. The van der Waals surface area contributed by atoms with Crippen molar-refractivity contribution in [2.45, 2.75) is 38.9 Å². The van der Waals surface area contributed by atoms with Gasteiger partial charge in [-0.05, 0) is 37.0 Å². The minimum atomic E-state index is -4.45. The molecule has 0 aliphatic carbocycles. The Bertz CT molecular complexity index is 508. The molecule has 1 saturated heterocycles. The summed E-state index contributed by atoms with van der Waals surface area (Å²) in [7, 11) is 0. The summed E-state index contributed by atoms with van der Waals surface area (Å²) in [4.78, 5) is 2.09. The molecule has 1 aromatic rings. The minimum absolute atomic E-state index is 0.169. The molecular formula is C17H24F4N2. The van der Waals surface area contributed by atoms with Crippen molar-refractivity contribution in [3.8, 4) is 0 Å². The van der Waals surface area contributed by atoms with E-state index >= 15 is 0 Å². The van der Waals surface area contributed by atoms with Crippen LogP contribution in [0.5, 0.6) is 0 Å². The van der Waals surface area contributed by atoms with Crippen molar-refractivity contribution >= 4 is 0 Å². The zero-order chi connectivity index (χ0) is 17.0. The first-order valence-electron chi connectivity index (χ1n) is 8.10. The van der Waals surface area contributed by atoms with Gasteiger partial charge in [-0.1, -0.05) is 13.8 Å². The van der Waals surface area contributed by atoms with E-state index in [2.05, 4.69) is 24.1 Å². The lowest BCUT2D eigenvalue weighted by Crippen LogP contribution is -2.45. The third-order valence-corrected chi connectivity index (χ3v) is 4.29. The maximum atomic E-state index is 14.3. The number of hydrogen-bond acceptors (Lipinski definition) is 2. The van der Waals surface area contributed by atoms with E-state index in [4.69, 9.17) is 0 Å². The molecular weight excluding hydrogens is 308 g/mol. The smallest absolute Gasteiger partial charge is 0.314 e. The van der Waals surface area contributed by atoms with Gasteiger partial charge in [-0.15, -0.1) is 0 Å². The van der Waals surface area contributed by atoms with E-state index in [1.807, 2.05) is 0 Å². The number of rotatable bonds is 5. The molecule has 1 fully saturated rings. The van der Waals surface area contributed by atoms with Crippen molar-refractivity contribution in [2.75, 3.05) is 26.2 Å². The van der Waals surface area contributed by atoms with Crippen molar-refractivity contribution in [2.24, 2.45) is 5.92 Å². The van der Waals surface area contributed by atoms with Gasteiger partial charge >= 0.3 is 6.18 Å². The summed E-state index contributed by atoms with van der Waals surface area (Å²) in [5, 5.41) is 3.22. The number of halogens is 4. The van der Waals surface area contributed by atoms with Crippen LogP contribution in [-0.4, -0.2) is 31.1 Å². The van der Waals surface area contributed by atoms with Crippen LogP contribution >= 0.6 is 0 Å². The molecule has 0 amide bonds. The Labute approximate surface area is 134 Å². The van der Waals surface area contributed by atoms with Gasteiger partial charge in [-0.2, -0.15) is 13.2 Å². The van der Waals surface area contributed by atoms with Crippen molar-refractivity contribution in [1.29, 1.82) is 0 Å². The van der Waals surface area contributed by atoms with Gasteiger partial charge < -0.3 is 5.32 Å². The van der Waals surface area contributed by atoms with Gasteiger partial charge in [-0.25, -0.2) is 4.39 Å². The number of nitrogens with one attached hydrogen (secondary N) is 1. The lowest BCUT2D eigenvalue weighted by Gasteiger charge is -2.36. The second-order valence-electron chi connectivity index (χ2n) is 6.51. The fourth-order valence-corrected chi connectivity index (χ4v) is 3.00. The zero-order valence-electron chi connectivity index (χ0n) is 13.6. The average Bonchev–Trinajstić information content (AvgIpc) is 2.48. The van der Waals surface area contributed by atoms with Gasteiger partial charge in [0.1, 0.15) is 5.82 Å². The van der Waals surface area contributed by atoms with E-state index in [0.717, 1.165) is 50.8 Å². The molecule has 1 aliphatic rings. The van der Waals surface area contributed by atoms with Crippen LogP contribution in [0.25, 0.3) is 0 Å². The molecule has 0 radical (unpaired) electrons. The molecule has 1 atom stereocenters. The molecule has 0 bridgehead atoms. The Kier molecular flexibility index (Phi) is 6.03. The minimum Gasteiger partial charge on any atom is -0.314 e. The summed E-state index contributed by atoms with van der Waals surface area (Å²) in [6.45, 7) is 7.13. The molecule has 130 valence electrons. The van der Waals surface area contributed by atoms with Gasteiger partial charge in [-0.3, -0.25) is 4.90 Å². The topological polar surface area (TPSA) is 15.3 Å². The summed E-state index contributed by atoms with van der Waals surface area (Å²) >= 11 is 0. The van der Waals surface area contributed by atoms with Crippen LogP contribution in [0.3, 0.4) is 0 Å². The highest BCUT2D eigenvalue weighted by molar-refractivity contribution is 5.29. The highest BCUT2D eigenvalue weighted by Crippen LogP contribution is 2.35. The first kappa shape index (κ1) is 18.2. The van der Waals surface area contributed by atoms with Crippen molar-refractivity contribution in [3.63, 3.8) is 0 Å². The van der Waals surface area contributed by atoms with E-state index in [1.165, 1.54) is 0 Å². The van der Waals surface area contributed by atoms with Crippen molar-refractivity contribution < 1.29 is 17.6 Å². The lowest BCUT2D eigenvalue weighted by atomic mass is 9.94. The predicted octanol–water partition coefficient (Wildman–Crippen LogP) is 4.23. The first-order valence-corrected chi connectivity index (χ1v) is 8.10. The molecule has 2 rings (SSSR count). The first-order chi connectivity index (χ1) is 10.8. The standard InChI is InChI=1S/C17H24F4N2/c1-12(2)3-6-16(23-9-7-22-8-10-23)14-11-13(17(19,20)21)4-5-15(14)18/h4-5,11-12,16,22H,3,6-10H2,1-2H3/t16-/m1/s1. The summed E-state index contributed by atoms with van der Waals surface area (Å²) in [6, 6.07) is 2.45. The van der Waals surface area contributed by atoms with E-state index in [9.17, 15) is 17.6 Å². The number of alkyl halides is 3. The predicted molar refractivity (Wildman–Crippen MR) is 82.7 cm³/mol. The maximum absolute atomic E-state index is 14.3.